The lowest BCUT2D eigenvalue weighted by Gasteiger charge is -2.37. The van der Waals surface area contributed by atoms with Gasteiger partial charge in [-0.25, -0.2) is 4.98 Å². The van der Waals surface area contributed by atoms with E-state index in [1.807, 2.05) is 18.2 Å². The molecule has 3 N–H and O–H groups in total. The highest BCUT2D eigenvalue weighted by Gasteiger charge is 2.35. The van der Waals surface area contributed by atoms with Crippen LogP contribution in [0.15, 0.2) is 60.8 Å². The predicted molar refractivity (Wildman–Crippen MR) is 301 cm³/mol. The normalized spacial score (nSPS) is 20.6. The number of nitriles is 1. The molecule has 0 bridgehead atoms. The average Bonchev–Trinajstić information content (AvgIpc) is 4.17. The SMILES string of the molecule is COc1cc(C(=O)NCCN2CCN(CCCN3CCCC3COc3nc4c(c(N5CCN[C@@H](CC#N)C5)n3)CCN(c3cccc5cccc(Cl)c35)C4)CC2)ccc1Nc1ncc2c(n1)N(C1CCCC1)CC(=O)N2C. The molecule has 406 valence electrons. The fraction of sp³-hybridized carbons (Fsp3) is 0.526. The summed E-state index contributed by atoms with van der Waals surface area (Å²) in [6.45, 7) is 13.0. The molecule has 11 rings (SSSR count). The first-order valence-electron chi connectivity index (χ1n) is 27.8. The molecular formula is C57H72ClN15O4. The summed E-state index contributed by atoms with van der Waals surface area (Å²) in [5.74, 6) is 2.49. The number of likely N-dealkylation sites (tertiary alicyclic amines) is 1. The van der Waals surface area contributed by atoms with Gasteiger partial charge in [0, 0.05) is 113 Å². The standard InChI is InChI=1S/C57H72ClN15O4/c1-67-49-34-62-56(65-54(49)73(37-51(67)74)42-11-3-4-12-42)63-46-17-16-40(33-50(46)76-2)55(75)61-21-27-69-31-29-68(30-32-69)23-8-25-70-24-7-13-43(70)38-77-57-64-47-36-71(48-15-6-10-39-9-5-14-45(58)52(39)48)26-19-44(47)53(66-57)72-28-22-60-41(35-72)18-20-59/h5-6,9-10,14-17,33-34,41-43,60H,3-4,7-8,11-13,18-19,21-32,35-38H2,1-2H3,(H,61,75)(H,62,63,65)/t41-,43?/m0/s1. The molecule has 1 aliphatic carbocycles. The molecule has 0 spiro atoms. The summed E-state index contributed by atoms with van der Waals surface area (Å²) in [6, 6.07) is 21.2. The maximum Gasteiger partial charge on any atom is 0.318 e. The first kappa shape index (κ1) is 52.5. The second-order valence-electron chi connectivity index (χ2n) is 21.4. The largest absolute Gasteiger partial charge is 0.495 e. The van der Waals surface area contributed by atoms with Gasteiger partial charge in [-0.2, -0.15) is 20.2 Å². The van der Waals surface area contributed by atoms with Crippen LogP contribution < -0.4 is 45.0 Å². The number of anilines is 6. The Morgan fingerprint density at radius 3 is 2.52 bits per heavy atom. The summed E-state index contributed by atoms with van der Waals surface area (Å²) in [5.41, 5.74) is 5.12. The van der Waals surface area contributed by atoms with Gasteiger partial charge in [0.1, 0.15) is 23.9 Å². The van der Waals surface area contributed by atoms with Crippen molar-refractivity contribution in [1.29, 1.82) is 5.26 Å². The molecule has 5 aromatic rings. The summed E-state index contributed by atoms with van der Waals surface area (Å²) < 4.78 is 12.3. The van der Waals surface area contributed by atoms with E-state index in [-0.39, 0.29) is 23.9 Å². The molecule has 2 aromatic heterocycles. The van der Waals surface area contributed by atoms with Gasteiger partial charge in [-0.3, -0.25) is 19.4 Å². The Morgan fingerprint density at radius 1 is 0.883 bits per heavy atom. The van der Waals surface area contributed by atoms with Gasteiger partial charge >= 0.3 is 6.01 Å². The van der Waals surface area contributed by atoms with E-state index in [0.29, 0.717) is 79.9 Å². The number of likely N-dealkylation sites (N-methyl/N-ethyl adjacent to an activating group) is 1. The second-order valence-corrected chi connectivity index (χ2v) is 21.8. The van der Waals surface area contributed by atoms with Gasteiger partial charge < -0.3 is 49.9 Å². The minimum Gasteiger partial charge on any atom is -0.495 e. The predicted octanol–water partition coefficient (Wildman–Crippen LogP) is 6.09. The molecule has 7 heterocycles. The highest BCUT2D eigenvalue weighted by molar-refractivity contribution is 6.36. The van der Waals surface area contributed by atoms with E-state index in [1.54, 1.807) is 37.4 Å². The first-order chi connectivity index (χ1) is 37.7. The number of carbonyl (C=O) groups is 2. The van der Waals surface area contributed by atoms with Crippen LogP contribution in [0.4, 0.5) is 34.6 Å². The van der Waals surface area contributed by atoms with E-state index in [1.165, 1.54) is 5.56 Å². The van der Waals surface area contributed by atoms with Gasteiger partial charge in [-0.05, 0) is 93.9 Å². The Hall–Kier alpha value is -6.56. The lowest BCUT2D eigenvalue weighted by molar-refractivity contribution is -0.117. The Morgan fingerprint density at radius 2 is 1.70 bits per heavy atom. The fourth-order valence-corrected chi connectivity index (χ4v) is 12.6. The second kappa shape index (κ2) is 24.0. The summed E-state index contributed by atoms with van der Waals surface area (Å²) in [5, 5.41) is 22.4. The van der Waals surface area contributed by atoms with Crippen LogP contribution in [0.1, 0.15) is 73.0 Å². The minimum absolute atomic E-state index is 0.0379. The number of rotatable bonds is 18. The Balaban J connectivity index is 0.638. The monoisotopic (exact) mass is 1070 g/mol. The fourth-order valence-electron chi connectivity index (χ4n) is 12.3. The van der Waals surface area contributed by atoms with Crippen molar-refractivity contribution >= 4 is 68.8 Å². The number of benzene rings is 3. The number of hydrogen-bond donors (Lipinski definition) is 3. The molecule has 1 unspecified atom stereocenters. The number of aromatic nitrogens is 4. The molecule has 3 aromatic carbocycles. The van der Waals surface area contributed by atoms with Crippen molar-refractivity contribution in [2.24, 2.45) is 0 Å². The van der Waals surface area contributed by atoms with Crippen molar-refractivity contribution in [3.63, 3.8) is 0 Å². The summed E-state index contributed by atoms with van der Waals surface area (Å²) in [6.07, 6.45) is 10.7. The molecule has 4 fully saturated rings. The van der Waals surface area contributed by atoms with E-state index < -0.39 is 0 Å². The number of hydrogen-bond acceptors (Lipinski definition) is 17. The van der Waals surface area contributed by atoms with Crippen LogP contribution in [-0.2, 0) is 17.8 Å². The van der Waals surface area contributed by atoms with E-state index in [9.17, 15) is 14.9 Å². The zero-order valence-electron chi connectivity index (χ0n) is 44.6. The van der Waals surface area contributed by atoms with Crippen molar-refractivity contribution in [2.45, 2.75) is 82.5 Å². The van der Waals surface area contributed by atoms with Crippen molar-refractivity contribution in [3.05, 3.63) is 82.6 Å². The van der Waals surface area contributed by atoms with Gasteiger partial charge in [-0.15, -0.1) is 0 Å². The summed E-state index contributed by atoms with van der Waals surface area (Å²) in [4.78, 5) is 61.9. The topological polar surface area (TPSA) is 187 Å². The van der Waals surface area contributed by atoms with Crippen molar-refractivity contribution in [2.75, 3.05) is 137 Å². The number of piperazine rings is 2. The number of nitrogens with one attached hydrogen (secondary N) is 3. The first-order valence-corrected chi connectivity index (χ1v) is 28.2. The molecular weight excluding hydrogens is 994 g/mol. The van der Waals surface area contributed by atoms with Gasteiger partial charge in [0.15, 0.2) is 5.82 Å². The van der Waals surface area contributed by atoms with Gasteiger partial charge in [0.25, 0.3) is 5.91 Å². The summed E-state index contributed by atoms with van der Waals surface area (Å²) in [7, 11) is 3.35. The van der Waals surface area contributed by atoms with E-state index >= 15 is 0 Å². The number of methoxy groups -OCH3 is 1. The number of nitrogens with zero attached hydrogens (tertiary/aromatic N) is 12. The molecule has 2 amide bonds. The minimum atomic E-state index is -0.152. The third kappa shape index (κ3) is 11.8. The van der Waals surface area contributed by atoms with Crippen LogP contribution in [0.25, 0.3) is 10.8 Å². The van der Waals surface area contributed by atoms with Crippen LogP contribution in [0, 0.1) is 11.3 Å². The van der Waals surface area contributed by atoms with Crippen LogP contribution in [0.3, 0.4) is 0 Å². The highest BCUT2D eigenvalue weighted by atomic mass is 35.5. The van der Waals surface area contributed by atoms with Crippen LogP contribution in [0.2, 0.25) is 5.02 Å². The van der Waals surface area contributed by atoms with E-state index in [4.69, 9.17) is 36.0 Å². The van der Waals surface area contributed by atoms with Crippen LogP contribution in [0.5, 0.6) is 11.8 Å². The van der Waals surface area contributed by atoms with Crippen molar-refractivity contribution in [1.82, 2.24) is 45.3 Å². The van der Waals surface area contributed by atoms with Gasteiger partial charge in [-0.1, -0.05) is 48.7 Å². The van der Waals surface area contributed by atoms with Crippen LogP contribution >= 0.6 is 11.6 Å². The molecule has 3 saturated heterocycles. The average molecular weight is 1070 g/mol. The molecule has 77 heavy (non-hydrogen) atoms. The van der Waals surface area contributed by atoms with E-state index in [2.05, 4.69) is 80.7 Å². The number of ether oxygens (including phenoxy) is 2. The van der Waals surface area contributed by atoms with Crippen molar-refractivity contribution < 1.29 is 19.1 Å². The lowest BCUT2D eigenvalue weighted by Crippen LogP contribution is -2.51. The molecule has 2 atom stereocenters. The maximum absolute atomic E-state index is 13.4. The van der Waals surface area contributed by atoms with Crippen molar-refractivity contribution in [3.8, 4) is 17.8 Å². The highest BCUT2D eigenvalue weighted by Crippen LogP contribution is 2.39. The molecule has 20 heteroatoms. The third-order valence-corrected chi connectivity index (χ3v) is 16.9. The maximum atomic E-state index is 13.4. The Labute approximate surface area is 456 Å². The molecule has 1 saturated carbocycles. The van der Waals surface area contributed by atoms with E-state index in [0.717, 1.165) is 162 Å². The Kier molecular flexibility index (Phi) is 16.4. The number of fused-ring (bicyclic) bond motifs is 3. The molecule has 0 radical (unpaired) electrons. The molecule has 5 aliphatic heterocycles. The molecule has 6 aliphatic rings. The van der Waals surface area contributed by atoms with Gasteiger partial charge in [0.05, 0.1) is 55.3 Å². The number of carbonyl (C=O) groups excluding carboxylic acids is 2. The third-order valence-electron chi connectivity index (χ3n) is 16.6. The summed E-state index contributed by atoms with van der Waals surface area (Å²) >= 11 is 6.81. The Bertz CT molecular complexity index is 2960. The zero-order chi connectivity index (χ0) is 52.8. The number of halogens is 1. The quantitative estimate of drug-likeness (QED) is 0.0915. The zero-order valence-corrected chi connectivity index (χ0v) is 45.3. The lowest BCUT2D eigenvalue weighted by atomic mass is 10.0. The molecule has 19 nitrogen and oxygen atoms in total. The smallest absolute Gasteiger partial charge is 0.318 e. The van der Waals surface area contributed by atoms with Crippen LogP contribution in [-0.4, -0.2) is 177 Å². The van der Waals surface area contributed by atoms with Gasteiger partial charge in [0.2, 0.25) is 11.9 Å². The number of amides is 2.